The van der Waals surface area contributed by atoms with Crippen molar-refractivity contribution in [1.82, 2.24) is 13.7 Å². The minimum atomic E-state index is -0.421. The molecule has 8 heteroatoms. The Balaban J connectivity index is 1.90. The molecule has 1 unspecified atom stereocenters. The van der Waals surface area contributed by atoms with Crippen LogP contribution in [0.1, 0.15) is 17.4 Å². The molecule has 2 aromatic heterocycles. The van der Waals surface area contributed by atoms with Crippen molar-refractivity contribution in [2.45, 2.75) is 12.6 Å². The summed E-state index contributed by atoms with van der Waals surface area (Å²) < 4.78 is 17.3. The van der Waals surface area contributed by atoms with E-state index >= 15 is 0 Å². The molecule has 32 heavy (non-hydrogen) atoms. The third-order valence-electron chi connectivity index (χ3n) is 6.07. The number of halogens is 1. The molecule has 1 aliphatic rings. The Morgan fingerprint density at radius 2 is 1.81 bits per heavy atom. The molecule has 5 rings (SSSR count). The smallest absolute Gasteiger partial charge is 0.331 e. The number of aryl methyl sites for hydroxylation is 1. The van der Waals surface area contributed by atoms with Gasteiger partial charge in [-0.1, -0.05) is 40.2 Å². The van der Waals surface area contributed by atoms with Crippen LogP contribution in [0.2, 0.25) is 0 Å². The van der Waals surface area contributed by atoms with Gasteiger partial charge in [-0.2, -0.15) is 0 Å². The monoisotopic (exact) mass is 495 g/mol. The van der Waals surface area contributed by atoms with Gasteiger partial charge in [-0.25, -0.2) is 4.79 Å². The molecule has 164 valence electrons. The van der Waals surface area contributed by atoms with Crippen molar-refractivity contribution in [3.63, 3.8) is 0 Å². The van der Waals surface area contributed by atoms with E-state index < -0.39 is 6.10 Å². The lowest BCUT2D eigenvalue weighted by Crippen LogP contribution is -2.37. The number of methoxy groups -OCH3 is 1. The lowest BCUT2D eigenvalue weighted by molar-refractivity contribution is 0.0478. The molecule has 0 aliphatic carbocycles. The first kappa shape index (κ1) is 20.8. The number of hydrogen-bond acceptors (Lipinski definition) is 4. The fourth-order valence-corrected chi connectivity index (χ4v) is 4.95. The van der Waals surface area contributed by atoms with Gasteiger partial charge in [0.05, 0.1) is 36.0 Å². The van der Waals surface area contributed by atoms with E-state index in [0.29, 0.717) is 24.1 Å². The summed E-state index contributed by atoms with van der Waals surface area (Å²) in [5.41, 5.74) is 3.37. The third kappa shape index (κ3) is 3.05. The number of hydrogen-bond donors (Lipinski definition) is 0. The topological polar surface area (TPSA) is 67.4 Å². The van der Waals surface area contributed by atoms with Gasteiger partial charge in [-0.15, -0.1) is 0 Å². The highest BCUT2D eigenvalue weighted by Gasteiger charge is 2.33. The Morgan fingerprint density at radius 3 is 2.50 bits per heavy atom. The first-order valence-electron chi connectivity index (χ1n) is 10.3. The van der Waals surface area contributed by atoms with Crippen LogP contribution in [0.4, 0.5) is 0 Å². The van der Waals surface area contributed by atoms with E-state index in [1.807, 2.05) is 48.5 Å². The molecule has 0 bridgehead atoms. The van der Waals surface area contributed by atoms with Gasteiger partial charge in [-0.3, -0.25) is 13.9 Å². The van der Waals surface area contributed by atoms with Crippen molar-refractivity contribution in [1.29, 1.82) is 0 Å². The molecule has 0 amide bonds. The van der Waals surface area contributed by atoms with Crippen LogP contribution >= 0.6 is 15.9 Å². The van der Waals surface area contributed by atoms with E-state index in [0.717, 1.165) is 32.7 Å². The maximum atomic E-state index is 13.4. The van der Waals surface area contributed by atoms with Gasteiger partial charge in [0.1, 0.15) is 11.9 Å². The van der Waals surface area contributed by atoms with E-state index in [-0.39, 0.29) is 11.2 Å². The SMILES string of the molecule is COc1ccc(C2OCCn3c(-c4cccc(Br)c4)c4c(=O)n(C)c(=O)n(C)c4c32)cc1. The zero-order chi connectivity index (χ0) is 22.6. The van der Waals surface area contributed by atoms with Gasteiger partial charge in [0.2, 0.25) is 0 Å². The van der Waals surface area contributed by atoms with Crippen LogP contribution < -0.4 is 16.0 Å². The highest BCUT2D eigenvalue weighted by molar-refractivity contribution is 9.10. The van der Waals surface area contributed by atoms with Crippen molar-refractivity contribution in [2.75, 3.05) is 13.7 Å². The number of nitrogens with zero attached hydrogens (tertiary/aromatic N) is 3. The number of fused-ring (bicyclic) bond motifs is 3. The minimum absolute atomic E-state index is 0.312. The van der Waals surface area contributed by atoms with Crippen molar-refractivity contribution >= 4 is 26.8 Å². The number of ether oxygens (including phenoxy) is 2. The van der Waals surface area contributed by atoms with Gasteiger partial charge in [0.15, 0.2) is 0 Å². The molecule has 0 saturated carbocycles. The fourth-order valence-electron chi connectivity index (χ4n) is 4.55. The first-order valence-corrected chi connectivity index (χ1v) is 11.0. The highest BCUT2D eigenvalue weighted by Crippen LogP contribution is 2.41. The van der Waals surface area contributed by atoms with Crippen LogP contribution in [0.15, 0.2) is 62.6 Å². The summed E-state index contributed by atoms with van der Waals surface area (Å²) in [6.07, 6.45) is -0.421. The summed E-state index contributed by atoms with van der Waals surface area (Å²) in [5, 5.41) is 0.520. The molecule has 0 radical (unpaired) electrons. The molecule has 2 aromatic carbocycles. The molecule has 4 aromatic rings. The zero-order valence-electron chi connectivity index (χ0n) is 18.0. The van der Waals surface area contributed by atoms with Crippen LogP contribution in [0, 0.1) is 0 Å². The summed E-state index contributed by atoms with van der Waals surface area (Å²) in [5.74, 6) is 0.751. The summed E-state index contributed by atoms with van der Waals surface area (Å²) >= 11 is 3.54. The molecular formula is C24H22BrN3O4. The average Bonchev–Trinajstić information content (AvgIpc) is 3.17. The molecular weight excluding hydrogens is 474 g/mol. The van der Waals surface area contributed by atoms with Crippen LogP contribution in [-0.4, -0.2) is 27.4 Å². The van der Waals surface area contributed by atoms with Crippen molar-refractivity contribution in [3.05, 3.63) is 85.1 Å². The van der Waals surface area contributed by atoms with Crippen LogP contribution in [0.3, 0.4) is 0 Å². The Hall–Kier alpha value is -3.10. The predicted molar refractivity (Wildman–Crippen MR) is 126 cm³/mol. The van der Waals surface area contributed by atoms with Crippen molar-refractivity contribution in [3.8, 4) is 17.0 Å². The molecule has 0 spiro atoms. The quantitative estimate of drug-likeness (QED) is 0.435. The van der Waals surface area contributed by atoms with E-state index in [9.17, 15) is 9.59 Å². The predicted octanol–water partition coefficient (Wildman–Crippen LogP) is 3.60. The highest BCUT2D eigenvalue weighted by atomic mass is 79.9. The Labute approximate surface area is 192 Å². The van der Waals surface area contributed by atoms with E-state index in [1.165, 1.54) is 11.6 Å². The minimum Gasteiger partial charge on any atom is -0.497 e. The second kappa shape index (κ2) is 7.79. The van der Waals surface area contributed by atoms with Crippen LogP contribution in [0.25, 0.3) is 22.2 Å². The molecule has 0 fully saturated rings. The summed E-state index contributed by atoms with van der Waals surface area (Å²) in [4.78, 5) is 26.3. The summed E-state index contributed by atoms with van der Waals surface area (Å²) in [6.45, 7) is 1.07. The van der Waals surface area contributed by atoms with Gasteiger partial charge in [0, 0.05) is 30.7 Å². The van der Waals surface area contributed by atoms with Gasteiger partial charge in [0.25, 0.3) is 5.56 Å². The lowest BCUT2D eigenvalue weighted by atomic mass is 10.0. The normalized spacial score (nSPS) is 15.7. The first-order chi connectivity index (χ1) is 15.4. The molecule has 3 heterocycles. The molecule has 1 atom stereocenters. The van der Waals surface area contributed by atoms with Crippen LogP contribution in [-0.2, 0) is 25.4 Å². The Kier molecular flexibility index (Phi) is 5.06. The van der Waals surface area contributed by atoms with Crippen molar-refractivity contribution < 1.29 is 9.47 Å². The maximum absolute atomic E-state index is 13.4. The number of rotatable bonds is 3. The standard InChI is InChI=1S/C24H22BrN3O4/c1-26-20-18(23(29)27(2)24(26)30)19(15-5-4-6-16(25)13-15)28-11-12-32-22(21(20)28)14-7-9-17(31-3)10-8-14/h4-10,13,22H,11-12H2,1-3H3. The second-order valence-electron chi connectivity index (χ2n) is 7.85. The zero-order valence-corrected chi connectivity index (χ0v) is 19.5. The van der Waals surface area contributed by atoms with E-state index in [1.54, 1.807) is 18.7 Å². The second-order valence-corrected chi connectivity index (χ2v) is 8.76. The third-order valence-corrected chi connectivity index (χ3v) is 6.56. The summed E-state index contributed by atoms with van der Waals surface area (Å²) in [7, 11) is 4.85. The fraction of sp³-hybridized carbons (Fsp3) is 0.250. The Morgan fingerprint density at radius 1 is 1.06 bits per heavy atom. The number of benzene rings is 2. The van der Waals surface area contributed by atoms with Crippen LogP contribution in [0.5, 0.6) is 5.75 Å². The van der Waals surface area contributed by atoms with Gasteiger partial charge < -0.3 is 14.0 Å². The van der Waals surface area contributed by atoms with E-state index in [2.05, 4.69) is 20.5 Å². The Bertz CT molecular complexity index is 1460. The van der Waals surface area contributed by atoms with E-state index in [4.69, 9.17) is 9.47 Å². The lowest BCUT2D eigenvalue weighted by Gasteiger charge is -2.28. The molecule has 1 aliphatic heterocycles. The molecule has 0 N–H and O–H groups in total. The van der Waals surface area contributed by atoms with Gasteiger partial charge in [-0.05, 0) is 29.8 Å². The average molecular weight is 496 g/mol. The molecule has 7 nitrogen and oxygen atoms in total. The largest absolute Gasteiger partial charge is 0.497 e. The number of aromatic nitrogens is 3. The summed E-state index contributed by atoms with van der Waals surface area (Å²) in [6, 6.07) is 15.5. The molecule has 0 saturated heterocycles. The maximum Gasteiger partial charge on any atom is 0.331 e. The van der Waals surface area contributed by atoms with Crippen molar-refractivity contribution in [2.24, 2.45) is 14.1 Å². The van der Waals surface area contributed by atoms with Gasteiger partial charge >= 0.3 is 5.69 Å².